The number of benzene rings is 1. The van der Waals surface area contributed by atoms with Gasteiger partial charge in [-0.25, -0.2) is 4.79 Å². The Morgan fingerprint density at radius 1 is 1.25 bits per heavy atom. The van der Waals surface area contributed by atoms with Crippen LogP contribution in [0, 0.1) is 13.1 Å². The van der Waals surface area contributed by atoms with Crippen molar-refractivity contribution >= 4 is 63.1 Å². The number of hydrogen-bond donors (Lipinski definition) is 1. The van der Waals surface area contributed by atoms with E-state index in [-0.39, 0.29) is 30.8 Å². The average molecular weight is 625 g/mol. The summed E-state index contributed by atoms with van der Waals surface area (Å²) in [5.74, 6) is -9.99. The molecule has 0 heterocycles. The number of rotatable bonds is 9. The lowest BCUT2D eigenvalue weighted by Gasteiger charge is -2.30. The number of esters is 2. The van der Waals surface area contributed by atoms with E-state index in [4.69, 9.17) is 4.74 Å². The number of phenols is 1. The topological polar surface area (TPSA) is 113 Å². The van der Waals surface area contributed by atoms with E-state index in [1.807, 2.05) is 45.2 Å². The van der Waals surface area contributed by atoms with Crippen molar-refractivity contribution in [2.45, 2.75) is 38.7 Å². The molecule has 156 valence electrons. The average Bonchev–Trinajstić information content (AvgIpc) is 2.58. The van der Waals surface area contributed by atoms with Crippen LogP contribution in [-0.2, 0) is 19.1 Å². The lowest BCUT2D eigenvalue weighted by atomic mass is 10.0. The van der Waals surface area contributed by atoms with Gasteiger partial charge in [-0.05, 0) is 69.7 Å². The lowest BCUT2D eigenvalue weighted by molar-refractivity contribution is -0.337. The highest BCUT2D eigenvalue weighted by Crippen LogP contribution is 2.28. The van der Waals surface area contributed by atoms with Crippen LogP contribution in [-0.4, -0.2) is 41.6 Å². The summed E-state index contributed by atoms with van der Waals surface area (Å²) < 4.78 is 37.9. The predicted molar refractivity (Wildman–Crippen MR) is 108 cm³/mol. The Bertz CT molecular complexity index is 753. The Labute approximate surface area is 187 Å². The smallest absolute Gasteiger partial charge is 0.341 e. The van der Waals surface area contributed by atoms with Gasteiger partial charge in [-0.15, -0.1) is 0 Å². The number of hydrogen-bond acceptors (Lipinski definition) is 7. The molecule has 0 amide bonds. The van der Waals surface area contributed by atoms with E-state index in [1.54, 1.807) is 6.07 Å². The molecular weight excluding hydrogens is 608 g/mol. The summed E-state index contributed by atoms with van der Waals surface area (Å²) in [6.07, 6.45) is -2.57. The van der Waals surface area contributed by atoms with Crippen LogP contribution < -0.4 is 5.11 Å². The number of phenolic OH excluding ortho intramolecular Hbond substituents is 1. The van der Waals surface area contributed by atoms with Crippen LogP contribution in [0.25, 0.3) is 0 Å². The molecule has 0 saturated carbocycles. The molecule has 0 bridgehead atoms. The van der Waals surface area contributed by atoms with Gasteiger partial charge in [0.2, 0.25) is 0 Å². The number of alkyl halides is 2. The van der Waals surface area contributed by atoms with Gasteiger partial charge in [-0.2, -0.15) is 8.78 Å². The van der Waals surface area contributed by atoms with E-state index in [2.05, 4.69) is 4.74 Å². The summed E-state index contributed by atoms with van der Waals surface area (Å²) in [5, 5.41) is 20.5. The SMILES string of the molecule is CC(C)C(OC(=O)CCCOC(=O)c1cc(I)cc(I)c1O)C(F)(F)C(=O)[O-]. The third-order valence-corrected chi connectivity index (χ3v) is 4.95. The lowest BCUT2D eigenvalue weighted by Crippen LogP contribution is -2.53. The fraction of sp³-hybridized carbons (Fsp3) is 0.471. The van der Waals surface area contributed by atoms with Gasteiger partial charge < -0.3 is 24.5 Å². The number of carboxylic acid groups (broad SMARTS) is 1. The molecule has 0 aliphatic heterocycles. The molecule has 11 heteroatoms. The highest BCUT2D eigenvalue weighted by atomic mass is 127. The van der Waals surface area contributed by atoms with E-state index < -0.39 is 35.9 Å². The van der Waals surface area contributed by atoms with Crippen molar-refractivity contribution in [2.24, 2.45) is 5.92 Å². The monoisotopic (exact) mass is 625 g/mol. The number of carboxylic acids is 1. The van der Waals surface area contributed by atoms with Crippen molar-refractivity contribution in [1.29, 1.82) is 0 Å². The Balaban J connectivity index is 2.56. The molecule has 1 unspecified atom stereocenters. The Morgan fingerprint density at radius 2 is 1.86 bits per heavy atom. The van der Waals surface area contributed by atoms with Gasteiger partial charge in [0.25, 0.3) is 0 Å². The molecule has 1 aromatic carbocycles. The molecular formula is C17H17F2I2O7-. The Hall–Kier alpha value is -1.25. The molecule has 1 aromatic rings. The second kappa shape index (κ2) is 10.5. The maximum Gasteiger partial charge on any atom is 0.341 e. The zero-order valence-electron chi connectivity index (χ0n) is 14.8. The van der Waals surface area contributed by atoms with Gasteiger partial charge in [0, 0.05) is 9.99 Å². The van der Waals surface area contributed by atoms with E-state index >= 15 is 0 Å². The zero-order chi connectivity index (χ0) is 21.6. The van der Waals surface area contributed by atoms with Crippen molar-refractivity contribution in [3.8, 4) is 5.75 Å². The molecule has 0 spiro atoms. The minimum Gasteiger partial charge on any atom is -0.544 e. The molecule has 1 atom stereocenters. The first-order valence-corrected chi connectivity index (χ1v) is 10.2. The van der Waals surface area contributed by atoms with Gasteiger partial charge in [0.05, 0.1) is 10.2 Å². The highest BCUT2D eigenvalue weighted by Gasteiger charge is 2.45. The predicted octanol–water partition coefficient (Wildman–Crippen LogP) is 2.49. The number of carbonyl (C=O) groups excluding carboxylic acids is 3. The van der Waals surface area contributed by atoms with E-state index in [0.29, 0.717) is 7.14 Å². The normalized spacial score (nSPS) is 12.5. The highest BCUT2D eigenvalue weighted by molar-refractivity contribution is 14.1. The third kappa shape index (κ3) is 6.67. The molecule has 28 heavy (non-hydrogen) atoms. The number of carbonyl (C=O) groups is 3. The first-order chi connectivity index (χ1) is 12.9. The van der Waals surface area contributed by atoms with Crippen molar-refractivity contribution in [3.05, 3.63) is 24.8 Å². The maximum absolute atomic E-state index is 13.6. The number of aliphatic carboxylic acids is 1. The third-order valence-electron chi connectivity index (χ3n) is 3.50. The van der Waals surface area contributed by atoms with Crippen molar-refractivity contribution in [1.82, 2.24) is 0 Å². The van der Waals surface area contributed by atoms with Crippen LogP contribution in [0.2, 0.25) is 0 Å². The van der Waals surface area contributed by atoms with Gasteiger partial charge >= 0.3 is 17.9 Å². The quantitative estimate of drug-likeness (QED) is 0.255. The van der Waals surface area contributed by atoms with Crippen LogP contribution in [0.1, 0.15) is 37.0 Å². The van der Waals surface area contributed by atoms with Crippen LogP contribution in [0.3, 0.4) is 0 Å². The standard InChI is InChI=1S/C17H18F2I2O7/c1-8(2)14(17(18,19)16(25)26)28-12(22)4-3-5-27-15(24)10-6-9(20)7-11(21)13(10)23/h6-8,14,23H,3-5H2,1-2H3,(H,25,26)/p-1. The molecule has 0 aromatic heterocycles. The van der Waals surface area contributed by atoms with E-state index in [1.165, 1.54) is 19.9 Å². The summed E-state index contributed by atoms with van der Waals surface area (Å²) >= 11 is 3.83. The molecule has 0 saturated heterocycles. The fourth-order valence-corrected chi connectivity index (χ4v) is 3.97. The summed E-state index contributed by atoms with van der Waals surface area (Å²) in [5.41, 5.74) is -0.0349. The van der Waals surface area contributed by atoms with Crippen LogP contribution in [0.4, 0.5) is 8.78 Å². The fourth-order valence-electron chi connectivity index (χ4n) is 2.13. The summed E-state index contributed by atoms with van der Waals surface area (Å²) in [6.45, 7) is 2.34. The minimum absolute atomic E-state index is 0.0337. The molecule has 1 N–H and O–H groups in total. The molecule has 7 nitrogen and oxygen atoms in total. The second-order valence-corrected chi connectivity index (χ2v) is 8.50. The van der Waals surface area contributed by atoms with Crippen LogP contribution >= 0.6 is 45.2 Å². The first-order valence-electron chi connectivity index (χ1n) is 8.01. The molecule has 0 aliphatic rings. The van der Waals surface area contributed by atoms with Gasteiger partial charge in [-0.3, -0.25) is 4.79 Å². The van der Waals surface area contributed by atoms with Gasteiger partial charge in [-0.1, -0.05) is 13.8 Å². The summed E-state index contributed by atoms with van der Waals surface area (Å²) in [6, 6.07) is 3.10. The van der Waals surface area contributed by atoms with Crippen molar-refractivity contribution in [3.63, 3.8) is 0 Å². The minimum atomic E-state index is -4.32. The number of aromatic hydroxyl groups is 1. The Morgan fingerprint density at radius 3 is 2.39 bits per heavy atom. The van der Waals surface area contributed by atoms with Gasteiger partial charge in [0.1, 0.15) is 17.3 Å². The number of halogens is 4. The second-order valence-electron chi connectivity index (χ2n) is 6.09. The van der Waals surface area contributed by atoms with Crippen LogP contribution in [0.15, 0.2) is 12.1 Å². The Kier molecular flexibility index (Phi) is 9.30. The summed E-state index contributed by atoms with van der Waals surface area (Å²) in [4.78, 5) is 34.3. The largest absolute Gasteiger partial charge is 0.544 e. The van der Waals surface area contributed by atoms with E-state index in [9.17, 15) is 33.4 Å². The van der Waals surface area contributed by atoms with Crippen molar-refractivity contribution < 1.29 is 42.9 Å². The first kappa shape index (κ1) is 24.8. The molecule has 0 aliphatic carbocycles. The zero-order valence-corrected chi connectivity index (χ0v) is 19.2. The van der Waals surface area contributed by atoms with Crippen LogP contribution in [0.5, 0.6) is 5.75 Å². The van der Waals surface area contributed by atoms with E-state index in [0.717, 1.165) is 0 Å². The van der Waals surface area contributed by atoms with Crippen molar-refractivity contribution in [2.75, 3.05) is 6.61 Å². The molecule has 0 radical (unpaired) electrons. The summed E-state index contributed by atoms with van der Waals surface area (Å²) in [7, 11) is 0. The molecule has 1 rings (SSSR count). The maximum atomic E-state index is 13.6. The number of ether oxygens (including phenoxy) is 2. The molecule has 0 fully saturated rings. The van der Waals surface area contributed by atoms with Gasteiger partial charge in [0.15, 0.2) is 6.10 Å².